The van der Waals surface area contributed by atoms with Crippen LogP contribution in [0.3, 0.4) is 0 Å². The molecule has 0 saturated carbocycles. The van der Waals surface area contributed by atoms with Crippen molar-refractivity contribution in [2.45, 2.75) is 26.3 Å². The van der Waals surface area contributed by atoms with E-state index in [0.29, 0.717) is 12.5 Å². The highest BCUT2D eigenvalue weighted by Crippen LogP contribution is 2.11. The van der Waals surface area contributed by atoms with Gasteiger partial charge in [0.15, 0.2) is 0 Å². The van der Waals surface area contributed by atoms with Gasteiger partial charge in [-0.05, 0) is 43.0 Å². The van der Waals surface area contributed by atoms with E-state index >= 15 is 0 Å². The predicted octanol–water partition coefficient (Wildman–Crippen LogP) is 2.95. The van der Waals surface area contributed by atoms with Gasteiger partial charge < -0.3 is 10.4 Å². The van der Waals surface area contributed by atoms with Crippen molar-refractivity contribution < 1.29 is 5.11 Å². The lowest BCUT2D eigenvalue weighted by Gasteiger charge is -2.08. The lowest BCUT2D eigenvalue weighted by atomic mass is 10.1. The summed E-state index contributed by atoms with van der Waals surface area (Å²) in [5.41, 5.74) is 1.30. The molecule has 1 atom stereocenters. The molecular formula is C13H20BrNO. The minimum absolute atomic E-state index is 0.297. The van der Waals surface area contributed by atoms with Crippen LogP contribution < -0.4 is 5.32 Å². The second-order valence-corrected chi connectivity index (χ2v) is 5.15. The van der Waals surface area contributed by atoms with Crippen molar-refractivity contribution in [3.8, 4) is 0 Å². The molecule has 0 amide bonds. The van der Waals surface area contributed by atoms with Gasteiger partial charge in [0, 0.05) is 17.6 Å². The summed E-state index contributed by atoms with van der Waals surface area (Å²) in [5, 5.41) is 12.3. The summed E-state index contributed by atoms with van der Waals surface area (Å²) < 4.78 is 1.13. The molecule has 90 valence electrons. The van der Waals surface area contributed by atoms with Gasteiger partial charge in [0.05, 0.1) is 0 Å². The number of halogens is 1. The minimum atomic E-state index is 0.297. The number of hydrogen-bond donors (Lipinski definition) is 2. The van der Waals surface area contributed by atoms with Gasteiger partial charge in [-0.2, -0.15) is 0 Å². The Morgan fingerprint density at radius 2 is 2.25 bits per heavy atom. The Bertz CT molecular complexity index is 304. The molecule has 0 aliphatic rings. The summed E-state index contributed by atoms with van der Waals surface area (Å²) in [6.07, 6.45) is 2.21. The highest BCUT2D eigenvalue weighted by Gasteiger charge is 1.99. The molecule has 1 aromatic rings. The van der Waals surface area contributed by atoms with Crippen molar-refractivity contribution >= 4 is 15.9 Å². The molecule has 0 aliphatic heterocycles. The fraction of sp³-hybridized carbons (Fsp3) is 0.538. The topological polar surface area (TPSA) is 32.3 Å². The van der Waals surface area contributed by atoms with Gasteiger partial charge in [0.1, 0.15) is 0 Å². The second kappa shape index (κ2) is 7.82. The Balaban J connectivity index is 2.12. The third-order valence-corrected chi connectivity index (χ3v) is 3.07. The minimum Gasteiger partial charge on any atom is -0.396 e. The quantitative estimate of drug-likeness (QED) is 0.755. The first-order valence-corrected chi connectivity index (χ1v) is 6.57. The number of hydrogen-bond acceptors (Lipinski definition) is 2. The van der Waals surface area contributed by atoms with Gasteiger partial charge in [-0.1, -0.05) is 35.0 Å². The van der Waals surface area contributed by atoms with Gasteiger partial charge in [-0.3, -0.25) is 0 Å². The Labute approximate surface area is 106 Å². The normalized spacial score (nSPS) is 12.7. The van der Waals surface area contributed by atoms with Crippen LogP contribution in [0.1, 0.15) is 25.3 Å². The third kappa shape index (κ3) is 5.64. The number of nitrogens with one attached hydrogen (secondary N) is 1. The SMILES string of the molecule is CC(CO)CCCNCc1cccc(Br)c1. The second-order valence-electron chi connectivity index (χ2n) is 4.24. The molecule has 3 heteroatoms. The van der Waals surface area contributed by atoms with E-state index in [0.717, 1.165) is 30.4 Å². The summed E-state index contributed by atoms with van der Waals surface area (Å²) in [7, 11) is 0. The average molecular weight is 286 g/mol. The van der Waals surface area contributed by atoms with Crippen LogP contribution in [0.15, 0.2) is 28.7 Å². The Hall–Kier alpha value is -0.380. The number of rotatable bonds is 7. The van der Waals surface area contributed by atoms with E-state index in [9.17, 15) is 0 Å². The van der Waals surface area contributed by atoms with Crippen LogP contribution in [-0.2, 0) is 6.54 Å². The molecule has 0 bridgehead atoms. The first-order valence-electron chi connectivity index (χ1n) is 5.78. The molecule has 2 N–H and O–H groups in total. The zero-order valence-electron chi connectivity index (χ0n) is 9.75. The summed E-state index contributed by atoms with van der Waals surface area (Å²) in [5.74, 6) is 0.424. The zero-order chi connectivity index (χ0) is 11.8. The molecule has 0 aromatic heterocycles. The number of aliphatic hydroxyl groups is 1. The fourth-order valence-electron chi connectivity index (χ4n) is 1.55. The van der Waals surface area contributed by atoms with Crippen LogP contribution in [0.25, 0.3) is 0 Å². The Morgan fingerprint density at radius 1 is 1.44 bits per heavy atom. The molecule has 16 heavy (non-hydrogen) atoms. The van der Waals surface area contributed by atoms with Crippen LogP contribution in [0.5, 0.6) is 0 Å². The molecule has 0 radical (unpaired) electrons. The predicted molar refractivity (Wildman–Crippen MR) is 71.3 cm³/mol. The van der Waals surface area contributed by atoms with Gasteiger partial charge in [0.25, 0.3) is 0 Å². The van der Waals surface area contributed by atoms with E-state index in [4.69, 9.17) is 5.11 Å². The van der Waals surface area contributed by atoms with E-state index in [1.54, 1.807) is 0 Å². The van der Waals surface area contributed by atoms with E-state index < -0.39 is 0 Å². The fourth-order valence-corrected chi connectivity index (χ4v) is 1.99. The van der Waals surface area contributed by atoms with E-state index in [1.165, 1.54) is 5.56 Å². The maximum absolute atomic E-state index is 8.87. The molecule has 1 rings (SSSR count). The Morgan fingerprint density at radius 3 is 2.94 bits per heavy atom. The largest absolute Gasteiger partial charge is 0.396 e. The summed E-state index contributed by atoms with van der Waals surface area (Å²) in [6.45, 7) is 4.30. The number of aliphatic hydroxyl groups excluding tert-OH is 1. The molecule has 0 heterocycles. The van der Waals surface area contributed by atoms with Gasteiger partial charge in [-0.25, -0.2) is 0 Å². The molecular weight excluding hydrogens is 266 g/mol. The highest BCUT2D eigenvalue weighted by molar-refractivity contribution is 9.10. The Kier molecular flexibility index (Phi) is 6.69. The van der Waals surface area contributed by atoms with Crippen molar-refractivity contribution in [1.29, 1.82) is 0 Å². The van der Waals surface area contributed by atoms with Gasteiger partial charge in [0.2, 0.25) is 0 Å². The molecule has 1 aromatic carbocycles. The third-order valence-electron chi connectivity index (χ3n) is 2.58. The van der Waals surface area contributed by atoms with Crippen molar-refractivity contribution in [2.75, 3.05) is 13.2 Å². The smallest absolute Gasteiger partial charge is 0.0456 e. The van der Waals surface area contributed by atoms with Crippen LogP contribution >= 0.6 is 15.9 Å². The lowest BCUT2D eigenvalue weighted by Crippen LogP contribution is -2.15. The highest BCUT2D eigenvalue weighted by atomic mass is 79.9. The molecule has 1 unspecified atom stereocenters. The zero-order valence-corrected chi connectivity index (χ0v) is 11.3. The standard InChI is InChI=1S/C13H20BrNO/c1-11(10-16)4-3-7-15-9-12-5-2-6-13(14)8-12/h2,5-6,8,11,15-16H,3-4,7,9-10H2,1H3. The number of benzene rings is 1. The summed E-state index contributed by atoms with van der Waals surface area (Å²) in [6, 6.07) is 8.33. The van der Waals surface area contributed by atoms with Crippen LogP contribution in [0.4, 0.5) is 0 Å². The molecule has 0 fully saturated rings. The summed E-state index contributed by atoms with van der Waals surface area (Å²) in [4.78, 5) is 0. The van der Waals surface area contributed by atoms with Crippen molar-refractivity contribution in [3.05, 3.63) is 34.3 Å². The monoisotopic (exact) mass is 285 g/mol. The van der Waals surface area contributed by atoms with Gasteiger partial charge in [-0.15, -0.1) is 0 Å². The van der Waals surface area contributed by atoms with E-state index in [2.05, 4.69) is 46.4 Å². The first-order chi connectivity index (χ1) is 7.72. The molecule has 2 nitrogen and oxygen atoms in total. The van der Waals surface area contributed by atoms with E-state index in [-0.39, 0.29) is 0 Å². The molecule has 0 aliphatic carbocycles. The molecule has 0 saturated heterocycles. The average Bonchev–Trinajstić information content (AvgIpc) is 2.28. The van der Waals surface area contributed by atoms with E-state index in [1.807, 2.05) is 6.07 Å². The maximum atomic E-state index is 8.87. The van der Waals surface area contributed by atoms with Crippen molar-refractivity contribution in [3.63, 3.8) is 0 Å². The maximum Gasteiger partial charge on any atom is 0.0456 e. The molecule has 0 spiro atoms. The lowest BCUT2D eigenvalue weighted by molar-refractivity contribution is 0.228. The van der Waals surface area contributed by atoms with Crippen molar-refractivity contribution in [2.24, 2.45) is 5.92 Å². The summed E-state index contributed by atoms with van der Waals surface area (Å²) >= 11 is 3.46. The van der Waals surface area contributed by atoms with Gasteiger partial charge >= 0.3 is 0 Å². The van der Waals surface area contributed by atoms with Crippen molar-refractivity contribution in [1.82, 2.24) is 5.32 Å². The van der Waals surface area contributed by atoms with Crippen LogP contribution in [0.2, 0.25) is 0 Å². The van der Waals surface area contributed by atoms with Crippen LogP contribution in [-0.4, -0.2) is 18.3 Å². The first kappa shape index (κ1) is 13.7. The van der Waals surface area contributed by atoms with Crippen LogP contribution in [0, 0.1) is 5.92 Å².